The Morgan fingerprint density at radius 1 is 1.58 bits per heavy atom. The van der Waals surface area contributed by atoms with Crippen molar-refractivity contribution in [2.45, 2.75) is 6.04 Å². The largest absolute Gasteiger partial charge is 0.314 e. The van der Waals surface area contributed by atoms with E-state index in [9.17, 15) is 0 Å². The molecule has 0 amide bonds. The van der Waals surface area contributed by atoms with Gasteiger partial charge in [-0.3, -0.25) is 0 Å². The molecule has 0 radical (unpaired) electrons. The highest BCUT2D eigenvalue weighted by Crippen LogP contribution is 2.22. The van der Waals surface area contributed by atoms with E-state index in [0.717, 1.165) is 13.6 Å². The van der Waals surface area contributed by atoms with Crippen molar-refractivity contribution in [3.05, 3.63) is 31.8 Å². The maximum absolute atomic E-state index is 5.70. The quantitative estimate of drug-likeness (QED) is 0.619. The Morgan fingerprint density at radius 2 is 2.25 bits per heavy atom. The van der Waals surface area contributed by atoms with Crippen LogP contribution < -0.4 is 5.73 Å². The van der Waals surface area contributed by atoms with E-state index in [1.807, 2.05) is 18.2 Å². The third-order valence-corrected chi connectivity index (χ3v) is 2.95. The second-order valence-electron chi connectivity index (χ2n) is 2.31. The lowest BCUT2D eigenvalue weighted by Gasteiger charge is -2.07. The predicted octanol–water partition coefficient (Wildman–Crippen LogP) is 2.69. The highest BCUT2D eigenvalue weighted by Gasteiger charge is 2.06. The average Bonchev–Trinajstić information content (AvgIpc) is 2.08. The van der Waals surface area contributed by atoms with E-state index in [-0.39, 0.29) is 6.04 Å². The molecule has 12 heavy (non-hydrogen) atoms. The van der Waals surface area contributed by atoms with Crippen molar-refractivity contribution in [3.8, 4) is 12.3 Å². The number of rotatable bonds is 1. The van der Waals surface area contributed by atoms with Crippen LogP contribution in [0, 0.1) is 15.9 Å². The van der Waals surface area contributed by atoms with Crippen LogP contribution in [0.25, 0.3) is 0 Å². The molecule has 1 unspecified atom stereocenters. The summed E-state index contributed by atoms with van der Waals surface area (Å²) in [6.07, 6.45) is 5.23. The molecule has 1 nitrogen and oxygen atoms in total. The van der Waals surface area contributed by atoms with Crippen molar-refractivity contribution in [1.82, 2.24) is 0 Å². The van der Waals surface area contributed by atoms with Gasteiger partial charge in [0.25, 0.3) is 0 Å². The Labute approximate surface area is 94.0 Å². The summed E-state index contributed by atoms with van der Waals surface area (Å²) < 4.78 is 2.10. The molecule has 0 saturated heterocycles. The molecule has 0 spiro atoms. The number of benzene rings is 1. The van der Waals surface area contributed by atoms with E-state index in [4.69, 9.17) is 12.2 Å². The SMILES string of the molecule is C#CC(N)c1cc(Br)ccc1I. The molecule has 0 aliphatic heterocycles. The highest BCUT2D eigenvalue weighted by atomic mass is 127. The van der Waals surface area contributed by atoms with Gasteiger partial charge in [0.1, 0.15) is 0 Å². The number of halogens is 2. The van der Waals surface area contributed by atoms with Gasteiger partial charge >= 0.3 is 0 Å². The summed E-state index contributed by atoms with van der Waals surface area (Å²) in [5.41, 5.74) is 6.70. The zero-order valence-electron chi connectivity index (χ0n) is 6.22. The summed E-state index contributed by atoms with van der Waals surface area (Å²) in [5.74, 6) is 2.50. The van der Waals surface area contributed by atoms with Crippen LogP contribution in [0.4, 0.5) is 0 Å². The molecular formula is C9H7BrIN. The number of hydrogen-bond acceptors (Lipinski definition) is 1. The molecule has 1 atom stereocenters. The lowest BCUT2D eigenvalue weighted by Crippen LogP contribution is -2.08. The maximum Gasteiger partial charge on any atom is 0.0928 e. The maximum atomic E-state index is 5.70. The summed E-state index contributed by atoms with van der Waals surface area (Å²) >= 11 is 5.59. The Kier molecular flexibility index (Phi) is 3.56. The Balaban J connectivity index is 3.15. The van der Waals surface area contributed by atoms with Crippen molar-refractivity contribution < 1.29 is 0 Å². The zero-order valence-corrected chi connectivity index (χ0v) is 9.96. The Bertz CT molecular complexity index is 330. The van der Waals surface area contributed by atoms with Gasteiger partial charge in [-0.05, 0) is 46.4 Å². The van der Waals surface area contributed by atoms with Crippen LogP contribution in [0.2, 0.25) is 0 Å². The fourth-order valence-electron chi connectivity index (χ4n) is 0.843. The highest BCUT2D eigenvalue weighted by molar-refractivity contribution is 14.1. The number of terminal acetylenes is 1. The predicted molar refractivity (Wildman–Crippen MR) is 62.6 cm³/mol. The van der Waals surface area contributed by atoms with Gasteiger partial charge in [0.2, 0.25) is 0 Å². The van der Waals surface area contributed by atoms with Gasteiger partial charge in [-0.15, -0.1) is 6.42 Å². The van der Waals surface area contributed by atoms with Gasteiger partial charge in [0.05, 0.1) is 6.04 Å². The van der Waals surface area contributed by atoms with Crippen molar-refractivity contribution in [2.24, 2.45) is 5.73 Å². The fourth-order valence-corrected chi connectivity index (χ4v) is 1.89. The molecule has 0 aromatic heterocycles. The third kappa shape index (κ3) is 2.22. The Hall–Kier alpha value is -0.0500. The topological polar surface area (TPSA) is 26.0 Å². The van der Waals surface area contributed by atoms with Crippen molar-refractivity contribution in [3.63, 3.8) is 0 Å². The molecule has 1 aromatic carbocycles. The van der Waals surface area contributed by atoms with Gasteiger partial charge in [-0.1, -0.05) is 21.9 Å². The van der Waals surface area contributed by atoms with Crippen molar-refractivity contribution >= 4 is 38.5 Å². The van der Waals surface area contributed by atoms with E-state index < -0.39 is 0 Å². The van der Waals surface area contributed by atoms with Crippen LogP contribution in [-0.2, 0) is 0 Å². The van der Waals surface area contributed by atoms with Gasteiger partial charge < -0.3 is 5.73 Å². The van der Waals surface area contributed by atoms with E-state index in [2.05, 4.69) is 44.4 Å². The molecule has 0 aliphatic rings. The van der Waals surface area contributed by atoms with Gasteiger partial charge in [-0.2, -0.15) is 0 Å². The van der Waals surface area contributed by atoms with Crippen molar-refractivity contribution in [2.75, 3.05) is 0 Å². The van der Waals surface area contributed by atoms with Crippen LogP contribution in [-0.4, -0.2) is 0 Å². The van der Waals surface area contributed by atoms with E-state index >= 15 is 0 Å². The van der Waals surface area contributed by atoms with Crippen LogP contribution in [0.5, 0.6) is 0 Å². The first-order valence-corrected chi connectivity index (χ1v) is 5.19. The minimum absolute atomic E-state index is 0.311. The summed E-state index contributed by atoms with van der Waals surface area (Å²) in [6.45, 7) is 0. The number of hydrogen-bond donors (Lipinski definition) is 1. The normalized spacial score (nSPS) is 12.2. The van der Waals surface area contributed by atoms with Gasteiger partial charge in [-0.25, -0.2) is 0 Å². The average molecular weight is 336 g/mol. The third-order valence-electron chi connectivity index (χ3n) is 1.47. The first kappa shape index (κ1) is 10.0. The second-order valence-corrected chi connectivity index (χ2v) is 4.39. The smallest absolute Gasteiger partial charge is 0.0928 e. The molecule has 3 heteroatoms. The first-order valence-electron chi connectivity index (χ1n) is 3.32. The van der Waals surface area contributed by atoms with Crippen LogP contribution in [0.3, 0.4) is 0 Å². The second kappa shape index (κ2) is 4.26. The molecule has 1 rings (SSSR count). The lowest BCUT2D eigenvalue weighted by atomic mass is 10.1. The van der Waals surface area contributed by atoms with Crippen LogP contribution in [0.1, 0.15) is 11.6 Å². The minimum Gasteiger partial charge on any atom is -0.314 e. The molecule has 2 N–H and O–H groups in total. The minimum atomic E-state index is -0.311. The lowest BCUT2D eigenvalue weighted by molar-refractivity contribution is 0.937. The molecule has 0 fully saturated rings. The summed E-state index contributed by atoms with van der Waals surface area (Å²) in [4.78, 5) is 0. The van der Waals surface area contributed by atoms with Crippen LogP contribution in [0.15, 0.2) is 22.7 Å². The van der Waals surface area contributed by atoms with Gasteiger partial charge in [0.15, 0.2) is 0 Å². The molecule has 0 saturated carbocycles. The van der Waals surface area contributed by atoms with E-state index in [1.165, 1.54) is 0 Å². The molecule has 0 heterocycles. The summed E-state index contributed by atoms with van der Waals surface area (Å²) in [5, 5.41) is 0. The molecule has 62 valence electrons. The fraction of sp³-hybridized carbons (Fsp3) is 0.111. The molecule has 0 aliphatic carbocycles. The molecule has 1 aromatic rings. The van der Waals surface area contributed by atoms with E-state index in [1.54, 1.807) is 0 Å². The standard InChI is InChI=1S/C9H7BrIN/c1-2-9(12)7-5-6(10)3-4-8(7)11/h1,3-5,9H,12H2. The van der Waals surface area contributed by atoms with Crippen LogP contribution >= 0.6 is 38.5 Å². The Morgan fingerprint density at radius 3 is 2.83 bits per heavy atom. The van der Waals surface area contributed by atoms with Gasteiger partial charge in [0, 0.05) is 8.04 Å². The monoisotopic (exact) mass is 335 g/mol. The first-order chi connectivity index (χ1) is 5.65. The van der Waals surface area contributed by atoms with Crippen molar-refractivity contribution in [1.29, 1.82) is 0 Å². The zero-order chi connectivity index (χ0) is 9.14. The van der Waals surface area contributed by atoms with E-state index in [0.29, 0.717) is 0 Å². The molecule has 0 bridgehead atoms. The summed E-state index contributed by atoms with van der Waals surface area (Å²) in [7, 11) is 0. The summed E-state index contributed by atoms with van der Waals surface area (Å²) in [6, 6.07) is 5.59. The molecular weight excluding hydrogens is 329 g/mol. The number of nitrogens with two attached hydrogens (primary N) is 1.